The zero-order valence-corrected chi connectivity index (χ0v) is 12.1. The number of carbonyl (C=O) groups excluding carboxylic acids is 1. The molecule has 0 saturated heterocycles. The van der Waals surface area contributed by atoms with Crippen molar-refractivity contribution < 1.29 is 9.90 Å². The van der Waals surface area contributed by atoms with Gasteiger partial charge >= 0.3 is 0 Å². The number of aryl methyl sites for hydroxylation is 1. The molecule has 4 nitrogen and oxygen atoms in total. The molecule has 0 aromatic heterocycles. The Kier molecular flexibility index (Phi) is 4.72. The van der Waals surface area contributed by atoms with Crippen LogP contribution in [0.5, 0.6) is 5.75 Å². The average Bonchev–Trinajstić information content (AvgIpc) is 2.49. The van der Waals surface area contributed by atoms with Gasteiger partial charge in [0.15, 0.2) is 0 Å². The molecule has 0 radical (unpaired) electrons. The van der Waals surface area contributed by atoms with Crippen molar-refractivity contribution in [3.63, 3.8) is 0 Å². The molecule has 21 heavy (non-hydrogen) atoms. The summed E-state index contributed by atoms with van der Waals surface area (Å²) in [6.07, 6.45) is 0.699. The molecule has 0 fully saturated rings. The first-order valence-electron chi connectivity index (χ1n) is 6.83. The van der Waals surface area contributed by atoms with Crippen molar-refractivity contribution in [3.05, 3.63) is 65.2 Å². The van der Waals surface area contributed by atoms with Crippen LogP contribution in [-0.2, 0) is 0 Å². The van der Waals surface area contributed by atoms with Gasteiger partial charge in [0.1, 0.15) is 5.75 Å². The summed E-state index contributed by atoms with van der Waals surface area (Å²) < 4.78 is 0. The van der Waals surface area contributed by atoms with Gasteiger partial charge in [-0.1, -0.05) is 48.9 Å². The lowest BCUT2D eigenvalue weighted by Gasteiger charge is -2.06. The molecule has 0 saturated carbocycles. The summed E-state index contributed by atoms with van der Waals surface area (Å²) in [5.74, 6) is -0.482. The number of phenolic OH excluding ortho intramolecular Hbond substituents is 1. The number of phenols is 1. The molecule has 1 amide bonds. The molecule has 2 N–H and O–H groups in total. The zero-order valence-electron chi connectivity index (χ0n) is 12.1. The van der Waals surface area contributed by atoms with E-state index in [1.165, 1.54) is 11.6 Å². The summed E-state index contributed by atoms with van der Waals surface area (Å²) in [6.45, 7) is 4.00. The van der Waals surface area contributed by atoms with Crippen molar-refractivity contribution in [3.8, 4) is 5.75 Å². The van der Waals surface area contributed by atoms with E-state index in [9.17, 15) is 9.90 Å². The minimum absolute atomic E-state index is 0.0569. The van der Waals surface area contributed by atoms with Gasteiger partial charge < -0.3 is 5.11 Å². The second-order valence-electron chi connectivity index (χ2n) is 4.74. The van der Waals surface area contributed by atoms with Crippen LogP contribution in [-0.4, -0.2) is 16.7 Å². The molecular weight excluding hydrogens is 264 g/mol. The number of benzene rings is 2. The molecule has 4 heteroatoms. The summed E-state index contributed by atoms with van der Waals surface area (Å²) in [6, 6.07) is 14.3. The highest BCUT2D eigenvalue weighted by Crippen LogP contribution is 2.15. The molecule has 0 bridgehead atoms. The summed E-state index contributed by atoms with van der Waals surface area (Å²) in [7, 11) is 0. The summed E-state index contributed by atoms with van der Waals surface area (Å²) >= 11 is 0. The van der Waals surface area contributed by atoms with Crippen molar-refractivity contribution in [2.45, 2.75) is 20.3 Å². The molecule has 0 aliphatic carbocycles. The minimum Gasteiger partial charge on any atom is -0.507 e. The van der Waals surface area contributed by atoms with Crippen molar-refractivity contribution >= 4 is 11.6 Å². The molecule has 0 atom stereocenters. The van der Waals surface area contributed by atoms with Crippen LogP contribution < -0.4 is 5.43 Å². The van der Waals surface area contributed by atoms with Gasteiger partial charge in [-0.2, -0.15) is 5.10 Å². The average molecular weight is 282 g/mol. The van der Waals surface area contributed by atoms with Crippen LogP contribution in [0, 0.1) is 6.92 Å². The maximum Gasteiger partial charge on any atom is 0.275 e. The van der Waals surface area contributed by atoms with Crippen molar-refractivity contribution in [1.29, 1.82) is 0 Å². The fourth-order valence-corrected chi connectivity index (χ4v) is 1.94. The first-order chi connectivity index (χ1) is 10.1. The highest BCUT2D eigenvalue weighted by molar-refractivity contribution is 6.02. The lowest BCUT2D eigenvalue weighted by atomic mass is 10.1. The number of nitrogens with one attached hydrogen (secondary N) is 1. The van der Waals surface area contributed by atoms with Gasteiger partial charge in [0.05, 0.1) is 11.3 Å². The van der Waals surface area contributed by atoms with E-state index >= 15 is 0 Å². The first-order valence-corrected chi connectivity index (χ1v) is 6.83. The Hall–Kier alpha value is -2.62. The standard InChI is InChI=1S/C17H18N2O2/c1-3-15(13-10-8-12(2)9-11-13)18-19-17(21)14-6-4-5-7-16(14)20/h4-11,20H,3H2,1-2H3,(H,19,21)/b18-15+. The summed E-state index contributed by atoms with van der Waals surface area (Å²) in [5.41, 5.74) is 5.64. The smallest absolute Gasteiger partial charge is 0.275 e. The Labute approximate surface area is 124 Å². The number of carbonyl (C=O) groups is 1. The van der Waals surface area contributed by atoms with Gasteiger partial charge in [-0.25, -0.2) is 5.43 Å². The van der Waals surface area contributed by atoms with E-state index in [2.05, 4.69) is 10.5 Å². The topological polar surface area (TPSA) is 61.7 Å². The van der Waals surface area contributed by atoms with E-state index in [4.69, 9.17) is 0 Å². The Morgan fingerprint density at radius 1 is 1.14 bits per heavy atom. The van der Waals surface area contributed by atoms with Crippen molar-refractivity contribution in [2.75, 3.05) is 0 Å². The van der Waals surface area contributed by atoms with Crippen LogP contribution >= 0.6 is 0 Å². The third kappa shape index (κ3) is 3.69. The maximum absolute atomic E-state index is 12.0. The molecule has 108 valence electrons. The number of aromatic hydroxyl groups is 1. The monoisotopic (exact) mass is 282 g/mol. The first kappa shape index (κ1) is 14.8. The third-order valence-corrected chi connectivity index (χ3v) is 3.16. The fourth-order valence-electron chi connectivity index (χ4n) is 1.94. The number of nitrogens with zero attached hydrogens (tertiary/aromatic N) is 1. The van der Waals surface area contributed by atoms with Crippen molar-refractivity contribution in [1.82, 2.24) is 5.43 Å². The number of para-hydroxylation sites is 1. The summed E-state index contributed by atoms with van der Waals surface area (Å²) in [4.78, 5) is 12.0. The van der Waals surface area contributed by atoms with E-state index in [1.54, 1.807) is 18.2 Å². The Bertz CT molecular complexity index is 661. The van der Waals surface area contributed by atoms with Gasteiger partial charge in [0.25, 0.3) is 5.91 Å². The molecule has 0 unspecified atom stereocenters. The minimum atomic E-state index is -0.425. The largest absolute Gasteiger partial charge is 0.507 e. The van der Waals surface area contributed by atoms with Crippen LogP contribution in [0.1, 0.15) is 34.8 Å². The van der Waals surface area contributed by atoms with Crippen LogP contribution in [0.15, 0.2) is 53.6 Å². The van der Waals surface area contributed by atoms with Gasteiger partial charge in [-0.3, -0.25) is 4.79 Å². The molecule has 2 aromatic rings. The highest BCUT2D eigenvalue weighted by atomic mass is 16.3. The third-order valence-electron chi connectivity index (χ3n) is 3.16. The van der Waals surface area contributed by atoms with Gasteiger partial charge in [0.2, 0.25) is 0 Å². The maximum atomic E-state index is 12.0. The van der Waals surface area contributed by atoms with Gasteiger partial charge in [-0.05, 0) is 31.0 Å². The van der Waals surface area contributed by atoms with E-state index in [1.807, 2.05) is 38.1 Å². The lowest BCUT2D eigenvalue weighted by Crippen LogP contribution is -2.20. The SMILES string of the molecule is CC/C(=N\NC(=O)c1ccccc1O)c1ccc(C)cc1. The Morgan fingerprint density at radius 3 is 2.43 bits per heavy atom. The lowest BCUT2D eigenvalue weighted by molar-refractivity contribution is 0.0952. The Balaban J connectivity index is 2.16. The predicted octanol–water partition coefficient (Wildman–Crippen LogP) is 3.24. The highest BCUT2D eigenvalue weighted by Gasteiger charge is 2.09. The zero-order chi connectivity index (χ0) is 15.2. The molecular formula is C17H18N2O2. The van der Waals surface area contributed by atoms with Crippen LogP contribution in [0.2, 0.25) is 0 Å². The molecule has 0 spiro atoms. The van der Waals surface area contributed by atoms with Crippen LogP contribution in [0.4, 0.5) is 0 Å². The van der Waals surface area contributed by atoms with Crippen molar-refractivity contribution in [2.24, 2.45) is 5.10 Å². The molecule has 2 aromatic carbocycles. The van der Waals surface area contributed by atoms with E-state index in [0.29, 0.717) is 6.42 Å². The van der Waals surface area contributed by atoms with Crippen LogP contribution in [0.3, 0.4) is 0 Å². The molecule has 2 rings (SSSR count). The number of rotatable bonds is 4. The second kappa shape index (κ2) is 6.70. The molecule has 0 heterocycles. The van der Waals surface area contributed by atoms with E-state index < -0.39 is 5.91 Å². The normalized spacial score (nSPS) is 11.2. The predicted molar refractivity (Wildman–Crippen MR) is 83.6 cm³/mol. The van der Waals surface area contributed by atoms with E-state index in [0.717, 1.165) is 11.3 Å². The molecule has 0 aliphatic rings. The fraction of sp³-hybridized carbons (Fsp3) is 0.176. The Morgan fingerprint density at radius 2 is 1.81 bits per heavy atom. The molecule has 0 aliphatic heterocycles. The van der Waals surface area contributed by atoms with Gasteiger partial charge in [-0.15, -0.1) is 0 Å². The van der Waals surface area contributed by atoms with E-state index in [-0.39, 0.29) is 11.3 Å². The quantitative estimate of drug-likeness (QED) is 0.668. The number of hydrazone groups is 1. The second-order valence-corrected chi connectivity index (χ2v) is 4.74. The van der Waals surface area contributed by atoms with Gasteiger partial charge in [0, 0.05) is 0 Å². The number of hydrogen-bond donors (Lipinski definition) is 2. The van der Waals surface area contributed by atoms with Crippen LogP contribution in [0.25, 0.3) is 0 Å². The number of amides is 1. The number of hydrogen-bond acceptors (Lipinski definition) is 3. The summed E-state index contributed by atoms with van der Waals surface area (Å²) in [5, 5.41) is 13.8.